The first kappa shape index (κ1) is 14.8. The molecule has 0 radical (unpaired) electrons. The summed E-state index contributed by atoms with van der Waals surface area (Å²) in [5, 5.41) is 4.31. The Bertz CT molecular complexity index is 647. The zero-order valence-electron chi connectivity index (χ0n) is 12.1. The van der Waals surface area contributed by atoms with Crippen LogP contribution in [0.1, 0.15) is 21.7 Å². The fourth-order valence-electron chi connectivity index (χ4n) is 2.08. The summed E-state index contributed by atoms with van der Waals surface area (Å²) in [5.74, 6) is 0.0948. The maximum atomic E-state index is 12.4. The van der Waals surface area contributed by atoms with Gasteiger partial charge in [-0.2, -0.15) is 5.10 Å². The average Bonchev–Trinajstić information content (AvgIpc) is 2.65. The van der Waals surface area contributed by atoms with Gasteiger partial charge in [0, 0.05) is 32.4 Å². The van der Waals surface area contributed by atoms with Gasteiger partial charge in [0.25, 0.3) is 0 Å². The highest BCUT2D eigenvalue weighted by atomic mass is 79.9. The van der Waals surface area contributed by atoms with E-state index in [0.717, 1.165) is 27.1 Å². The van der Waals surface area contributed by atoms with Crippen LogP contribution in [0.25, 0.3) is 0 Å². The van der Waals surface area contributed by atoms with Crippen molar-refractivity contribution in [3.8, 4) is 0 Å². The fourth-order valence-corrected chi connectivity index (χ4v) is 2.56. The Kier molecular flexibility index (Phi) is 4.28. The van der Waals surface area contributed by atoms with Crippen LogP contribution in [0.3, 0.4) is 0 Å². The van der Waals surface area contributed by atoms with Gasteiger partial charge in [-0.1, -0.05) is 12.1 Å². The lowest BCUT2D eigenvalue weighted by atomic mass is 10.1. The summed E-state index contributed by atoms with van der Waals surface area (Å²) >= 11 is 3.50. The summed E-state index contributed by atoms with van der Waals surface area (Å²) in [6.07, 6.45) is 0.342. The van der Waals surface area contributed by atoms with Crippen LogP contribution in [0, 0.1) is 6.92 Å². The quantitative estimate of drug-likeness (QED) is 0.806. The third-order valence-corrected chi connectivity index (χ3v) is 4.31. The molecule has 0 aliphatic rings. The summed E-state index contributed by atoms with van der Waals surface area (Å²) in [5.41, 5.74) is 3.55. The first-order chi connectivity index (χ1) is 9.40. The van der Waals surface area contributed by atoms with Gasteiger partial charge >= 0.3 is 0 Å². The van der Waals surface area contributed by atoms with Crippen LogP contribution < -0.4 is 4.90 Å². The third kappa shape index (κ3) is 2.93. The largest absolute Gasteiger partial charge is 0.378 e. The predicted octanol–water partition coefficient (Wildman–Crippen LogP) is 2.98. The highest BCUT2D eigenvalue weighted by Gasteiger charge is 2.16. The minimum atomic E-state index is 0.0948. The van der Waals surface area contributed by atoms with E-state index in [2.05, 4.69) is 21.0 Å². The van der Waals surface area contributed by atoms with Crippen molar-refractivity contribution in [2.24, 2.45) is 7.05 Å². The standard InChI is InChI=1S/C15H18BrN3O/c1-10-15(16)13(19(4)17-10)9-14(20)11-6-5-7-12(8-11)18(2)3/h5-8H,9H2,1-4H3. The van der Waals surface area contributed by atoms with Crippen molar-refractivity contribution in [1.29, 1.82) is 0 Å². The molecule has 2 rings (SSSR count). The van der Waals surface area contributed by atoms with Crippen molar-refractivity contribution >= 4 is 27.4 Å². The first-order valence-electron chi connectivity index (χ1n) is 6.38. The molecule has 0 bridgehead atoms. The molecule has 0 aliphatic heterocycles. The number of carbonyl (C=O) groups is 1. The normalized spacial score (nSPS) is 10.7. The number of Topliss-reactive ketones (excluding diaryl/α,β-unsaturated/α-hetero) is 1. The van der Waals surface area contributed by atoms with Gasteiger partial charge in [-0.25, -0.2) is 0 Å². The van der Waals surface area contributed by atoms with E-state index in [9.17, 15) is 4.79 Å². The van der Waals surface area contributed by atoms with Crippen LogP contribution >= 0.6 is 15.9 Å². The topological polar surface area (TPSA) is 38.1 Å². The van der Waals surface area contributed by atoms with Crippen LogP contribution in [0.4, 0.5) is 5.69 Å². The highest BCUT2D eigenvalue weighted by molar-refractivity contribution is 9.10. The van der Waals surface area contributed by atoms with Gasteiger partial charge < -0.3 is 4.90 Å². The molecule has 0 N–H and O–H groups in total. The number of anilines is 1. The van der Waals surface area contributed by atoms with Gasteiger partial charge in [-0.15, -0.1) is 0 Å². The van der Waals surface area contributed by atoms with Crippen LogP contribution in [-0.4, -0.2) is 29.7 Å². The van der Waals surface area contributed by atoms with Crippen LogP contribution in [0.2, 0.25) is 0 Å². The minimum Gasteiger partial charge on any atom is -0.378 e. The lowest BCUT2D eigenvalue weighted by molar-refractivity contribution is 0.0990. The summed E-state index contributed by atoms with van der Waals surface area (Å²) < 4.78 is 2.67. The van der Waals surface area contributed by atoms with E-state index in [0.29, 0.717) is 6.42 Å². The average molecular weight is 336 g/mol. The third-order valence-electron chi connectivity index (χ3n) is 3.27. The van der Waals surface area contributed by atoms with Crippen molar-refractivity contribution in [1.82, 2.24) is 9.78 Å². The second kappa shape index (κ2) is 5.79. The molecule has 0 spiro atoms. The number of ketones is 1. The number of nitrogens with zero attached hydrogens (tertiary/aromatic N) is 3. The van der Waals surface area contributed by atoms with Crippen LogP contribution in [0.15, 0.2) is 28.7 Å². The molecule has 0 saturated heterocycles. The first-order valence-corrected chi connectivity index (χ1v) is 7.18. The van der Waals surface area contributed by atoms with E-state index >= 15 is 0 Å². The zero-order valence-corrected chi connectivity index (χ0v) is 13.7. The van der Waals surface area contributed by atoms with Crippen molar-refractivity contribution in [2.45, 2.75) is 13.3 Å². The van der Waals surface area contributed by atoms with Gasteiger partial charge in [0.2, 0.25) is 0 Å². The Morgan fingerprint density at radius 1 is 1.40 bits per heavy atom. The molecule has 5 heteroatoms. The maximum absolute atomic E-state index is 12.4. The number of aryl methyl sites for hydroxylation is 2. The molecule has 1 aromatic carbocycles. The van der Waals surface area contributed by atoms with E-state index in [-0.39, 0.29) is 5.78 Å². The zero-order chi connectivity index (χ0) is 14.9. The highest BCUT2D eigenvalue weighted by Crippen LogP contribution is 2.22. The van der Waals surface area contributed by atoms with E-state index in [1.54, 1.807) is 4.68 Å². The Hall–Kier alpha value is -1.62. The van der Waals surface area contributed by atoms with Gasteiger partial charge in [0.15, 0.2) is 5.78 Å². The Labute approximate surface area is 127 Å². The number of hydrogen-bond donors (Lipinski definition) is 0. The molecule has 0 unspecified atom stereocenters. The number of hydrogen-bond acceptors (Lipinski definition) is 3. The van der Waals surface area contributed by atoms with Crippen molar-refractivity contribution in [2.75, 3.05) is 19.0 Å². The van der Waals surface area contributed by atoms with Crippen molar-refractivity contribution < 1.29 is 4.79 Å². The number of carbonyl (C=O) groups excluding carboxylic acids is 1. The van der Waals surface area contributed by atoms with Gasteiger partial charge in [-0.3, -0.25) is 9.48 Å². The minimum absolute atomic E-state index is 0.0948. The lowest BCUT2D eigenvalue weighted by Crippen LogP contribution is -2.11. The van der Waals surface area contributed by atoms with Crippen LogP contribution in [-0.2, 0) is 13.5 Å². The molecule has 1 heterocycles. The number of aromatic nitrogens is 2. The summed E-state index contributed by atoms with van der Waals surface area (Å²) in [7, 11) is 5.78. The lowest BCUT2D eigenvalue weighted by Gasteiger charge is -2.13. The number of benzene rings is 1. The van der Waals surface area contributed by atoms with Gasteiger partial charge in [0.05, 0.1) is 22.3 Å². The summed E-state index contributed by atoms with van der Waals surface area (Å²) in [6, 6.07) is 7.67. The molecule has 0 saturated carbocycles. The second-order valence-electron chi connectivity index (χ2n) is 5.01. The van der Waals surface area contributed by atoms with Crippen molar-refractivity contribution in [3.63, 3.8) is 0 Å². The van der Waals surface area contributed by atoms with E-state index in [1.165, 1.54) is 0 Å². The molecular formula is C15H18BrN3O. The van der Waals surface area contributed by atoms with E-state index in [1.807, 2.05) is 57.2 Å². The molecule has 20 heavy (non-hydrogen) atoms. The number of halogens is 1. The fraction of sp³-hybridized carbons (Fsp3) is 0.333. The second-order valence-corrected chi connectivity index (χ2v) is 5.81. The van der Waals surface area contributed by atoms with E-state index in [4.69, 9.17) is 0 Å². The smallest absolute Gasteiger partial charge is 0.168 e. The Morgan fingerprint density at radius 2 is 2.10 bits per heavy atom. The van der Waals surface area contributed by atoms with Crippen LogP contribution in [0.5, 0.6) is 0 Å². The summed E-state index contributed by atoms with van der Waals surface area (Å²) in [4.78, 5) is 14.4. The molecule has 4 nitrogen and oxygen atoms in total. The SMILES string of the molecule is Cc1nn(C)c(CC(=O)c2cccc(N(C)C)c2)c1Br. The van der Waals surface area contributed by atoms with Gasteiger partial charge in [-0.05, 0) is 35.0 Å². The Morgan fingerprint density at radius 3 is 2.65 bits per heavy atom. The molecule has 106 valence electrons. The molecule has 1 aromatic heterocycles. The Balaban J connectivity index is 2.26. The summed E-state index contributed by atoms with van der Waals surface area (Å²) in [6.45, 7) is 1.92. The maximum Gasteiger partial charge on any atom is 0.168 e. The number of rotatable bonds is 4. The molecular weight excluding hydrogens is 318 g/mol. The van der Waals surface area contributed by atoms with Gasteiger partial charge in [0.1, 0.15) is 0 Å². The van der Waals surface area contributed by atoms with E-state index < -0.39 is 0 Å². The molecule has 0 aliphatic carbocycles. The molecule has 2 aromatic rings. The molecule has 0 fully saturated rings. The predicted molar refractivity (Wildman–Crippen MR) is 84.4 cm³/mol. The van der Waals surface area contributed by atoms with Crippen molar-refractivity contribution in [3.05, 3.63) is 45.7 Å². The molecule has 0 amide bonds. The molecule has 0 atom stereocenters. The monoisotopic (exact) mass is 335 g/mol.